The summed E-state index contributed by atoms with van der Waals surface area (Å²) in [5, 5.41) is 6.98. The predicted molar refractivity (Wildman–Crippen MR) is 78.8 cm³/mol. The fourth-order valence-corrected chi connectivity index (χ4v) is 2.23. The molecule has 0 aliphatic rings. The lowest BCUT2D eigenvalue weighted by Crippen LogP contribution is -2.29. The largest absolute Gasteiger partial charge is 0.348 e. The van der Waals surface area contributed by atoms with Crippen LogP contribution in [-0.4, -0.2) is 35.0 Å². The van der Waals surface area contributed by atoms with E-state index in [4.69, 9.17) is 0 Å². The molecule has 3 rings (SSSR count). The number of nitrogens with zero attached hydrogens (tertiary/aromatic N) is 6. The minimum Gasteiger partial charge on any atom is -0.348 e. The molecular formula is C14H17N7O. The number of hydrogen-bond donors (Lipinski definition) is 1. The quantitative estimate of drug-likeness (QED) is 0.732. The van der Waals surface area contributed by atoms with E-state index < -0.39 is 0 Å². The van der Waals surface area contributed by atoms with Gasteiger partial charge in [0.1, 0.15) is 12.7 Å². The molecule has 0 aliphatic carbocycles. The topological polar surface area (TPSA) is 90.0 Å². The SMILES string of the molecule is CCC(NC(=O)CCn1cncn1)c1cn2cccnc2n1. The summed E-state index contributed by atoms with van der Waals surface area (Å²) < 4.78 is 3.48. The first-order chi connectivity index (χ1) is 10.8. The van der Waals surface area contributed by atoms with Crippen molar-refractivity contribution in [3.8, 4) is 0 Å². The van der Waals surface area contributed by atoms with E-state index in [9.17, 15) is 4.79 Å². The molecule has 0 bridgehead atoms. The Morgan fingerprint density at radius 1 is 1.45 bits per heavy atom. The fraction of sp³-hybridized carbons (Fsp3) is 0.357. The van der Waals surface area contributed by atoms with Crippen molar-refractivity contribution in [2.45, 2.75) is 32.4 Å². The molecule has 0 aliphatic heterocycles. The standard InChI is InChI=1S/C14H17N7O/c1-2-11(12-8-20-6-3-5-16-14(20)19-12)18-13(22)4-7-21-10-15-9-17-21/h3,5-6,8-11H,2,4,7H2,1H3,(H,18,22). The van der Waals surface area contributed by atoms with E-state index in [2.05, 4.69) is 25.4 Å². The Kier molecular flexibility index (Phi) is 4.08. The minimum absolute atomic E-state index is 0.0348. The lowest BCUT2D eigenvalue weighted by molar-refractivity contribution is -0.122. The van der Waals surface area contributed by atoms with Gasteiger partial charge in [-0.3, -0.25) is 13.9 Å². The molecule has 0 radical (unpaired) electrons. The molecule has 0 aromatic carbocycles. The number of nitrogens with one attached hydrogen (secondary N) is 1. The van der Waals surface area contributed by atoms with E-state index in [1.807, 2.05) is 29.8 Å². The number of aryl methyl sites for hydroxylation is 1. The van der Waals surface area contributed by atoms with E-state index in [0.717, 1.165) is 12.1 Å². The van der Waals surface area contributed by atoms with Crippen LogP contribution in [0.1, 0.15) is 31.5 Å². The zero-order valence-corrected chi connectivity index (χ0v) is 12.3. The third kappa shape index (κ3) is 3.11. The van der Waals surface area contributed by atoms with Crippen LogP contribution in [0.25, 0.3) is 5.78 Å². The van der Waals surface area contributed by atoms with Crippen molar-refractivity contribution in [3.63, 3.8) is 0 Å². The zero-order valence-electron chi connectivity index (χ0n) is 12.3. The number of imidazole rings is 1. The molecule has 8 nitrogen and oxygen atoms in total. The highest BCUT2D eigenvalue weighted by atomic mass is 16.1. The molecule has 0 saturated heterocycles. The van der Waals surface area contributed by atoms with Gasteiger partial charge in [-0.05, 0) is 12.5 Å². The Labute approximate surface area is 127 Å². The Hall–Kier alpha value is -2.77. The number of hydrogen-bond acceptors (Lipinski definition) is 5. The normalized spacial score (nSPS) is 12.4. The molecule has 3 aromatic heterocycles. The van der Waals surface area contributed by atoms with Gasteiger partial charge in [0.05, 0.1) is 18.3 Å². The number of carbonyl (C=O) groups is 1. The first kappa shape index (κ1) is 14.2. The zero-order chi connectivity index (χ0) is 15.4. The highest BCUT2D eigenvalue weighted by molar-refractivity contribution is 5.76. The van der Waals surface area contributed by atoms with Crippen LogP contribution in [0.5, 0.6) is 0 Å². The molecule has 114 valence electrons. The van der Waals surface area contributed by atoms with Crippen LogP contribution < -0.4 is 5.32 Å². The monoisotopic (exact) mass is 299 g/mol. The lowest BCUT2D eigenvalue weighted by Gasteiger charge is -2.14. The average Bonchev–Trinajstić information content (AvgIpc) is 3.19. The van der Waals surface area contributed by atoms with Crippen LogP contribution in [0.2, 0.25) is 0 Å². The van der Waals surface area contributed by atoms with Crippen LogP contribution in [0.3, 0.4) is 0 Å². The van der Waals surface area contributed by atoms with E-state index in [1.54, 1.807) is 17.2 Å². The first-order valence-corrected chi connectivity index (χ1v) is 7.17. The molecule has 1 unspecified atom stereocenters. The van der Waals surface area contributed by atoms with Gasteiger partial charge in [-0.15, -0.1) is 0 Å². The Morgan fingerprint density at radius 2 is 2.36 bits per heavy atom. The van der Waals surface area contributed by atoms with Gasteiger partial charge in [-0.2, -0.15) is 5.10 Å². The number of carbonyl (C=O) groups excluding carboxylic acids is 1. The van der Waals surface area contributed by atoms with Crippen LogP contribution in [0, 0.1) is 0 Å². The average molecular weight is 299 g/mol. The summed E-state index contributed by atoms with van der Waals surface area (Å²) in [7, 11) is 0. The van der Waals surface area contributed by atoms with Crippen LogP contribution >= 0.6 is 0 Å². The summed E-state index contributed by atoms with van der Waals surface area (Å²) in [6.45, 7) is 2.52. The molecule has 0 spiro atoms. The van der Waals surface area contributed by atoms with Crippen molar-refractivity contribution in [1.29, 1.82) is 0 Å². The van der Waals surface area contributed by atoms with Gasteiger partial charge < -0.3 is 5.32 Å². The Bertz CT molecular complexity index is 716. The molecular weight excluding hydrogens is 282 g/mol. The van der Waals surface area contributed by atoms with Crippen molar-refractivity contribution in [2.75, 3.05) is 0 Å². The van der Waals surface area contributed by atoms with Crippen LogP contribution in [-0.2, 0) is 11.3 Å². The summed E-state index contributed by atoms with van der Waals surface area (Å²) in [6, 6.07) is 1.72. The summed E-state index contributed by atoms with van der Waals surface area (Å²) in [4.78, 5) is 24.6. The first-order valence-electron chi connectivity index (χ1n) is 7.17. The van der Waals surface area contributed by atoms with E-state index in [-0.39, 0.29) is 11.9 Å². The summed E-state index contributed by atoms with van der Waals surface area (Å²) >= 11 is 0. The van der Waals surface area contributed by atoms with Gasteiger partial charge in [0.25, 0.3) is 0 Å². The highest BCUT2D eigenvalue weighted by Crippen LogP contribution is 2.16. The number of rotatable bonds is 6. The molecule has 1 N–H and O–H groups in total. The summed E-state index contributed by atoms with van der Waals surface area (Å²) in [6.07, 6.45) is 9.65. The fourth-order valence-electron chi connectivity index (χ4n) is 2.23. The third-order valence-electron chi connectivity index (χ3n) is 3.39. The van der Waals surface area contributed by atoms with Crippen molar-refractivity contribution >= 4 is 11.7 Å². The maximum absolute atomic E-state index is 12.1. The molecule has 1 atom stereocenters. The molecule has 8 heteroatoms. The molecule has 1 amide bonds. The molecule has 3 heterocycles. The van der Waals surface area contributed by atoms with Crippen molar-refractivity contribution < 1.29 is 4.79 Å². The smallest absolute Gasteiger partial charge is 0.233 e. The second-order valence-corrected chi connectivity index (χ2v) is 4.93. The minimum atomic E-state index is -0.120. The van der Waals surface area contributed by atoms with E-state index in [0.29, 0.717) is 18.7 Å². The van der Waals surface area contributed by atoms with E-state index in [1.165, 1.54) is 6.33 Å². The van der Waals surface area contributed by atoms with Crippen LogP contribution in [0.4, 0.5) is 0 Å². The van der Waals surface area contributed by atoms with Gasteiger partial charge in [-0.1, -0.05) is 6.92 Å². The van der Waals surface area contributed by atoms with Gasteiger partial charge >= 0.3 is 0 Å². The van der Waals surface area contributed by atoms with E-state index >= 15 is 0 Å². The number of fused-ring (bicyclic) bond motifs is 1. The van der Waals surface area contributed by atoms with Gasteiger partial charge in [0.15, 0.2) is 0 Å². The number of aromatic nitrogens is 6. The van der Waals surface area contributed by atoms with Gasteiger partial charge in [0, 0.05) is 25.0 Å². The second-order valence-electron chi connectivity index (χ2n) is 4.93. The third-order valence-corrected chi connectivity index (χ3v) is 3.39. The van der Waals surface area contributed by atoms with Crippen molar-refractivity contribution in [1.82, 2.24) is 34.4 Å². The highest BCUT2D eigenvalue weighted by Gasteiger charge is 2.16. The van der Waals surface area contributed by atoms with Gasteiger partial charge in [0.2, 0.25) is 11.7 Å². The van der Waals surface area contributed by atoms with Crippen LogP contribution in [0.15, 0.2) is 37.3 Å². The Morgan fingerprint density at radius 3 is 3.09 bits per heavy atom. The second kappa shape index (κ2) is 6.33. The number of amides is 1. The maximum Gasteiger partial charge on any atom is 0.233 e. The van der Waals surface area contributed by atoms with Gasteiger partial charge in [-0.25, -0.2) is 15.0 Å². The molecule has 3 aromatic rings. The van der Waals surface area contributed by atoms with Crippen molar-refractivity contribution in [2.24, 2.45) is 0 Å². The predicted octanol–water partition coefficient (Wildman–Crippen LogP) is 0.978. The summed E-state index contributed by atoms with van der Waals surface area (Å²) in [5.74, 6) is 0.597. The maximum atomic E-state index is 12.1. The lowest BCUT2D eigenvalue weighted by atomic mass is 10.1. The Balaban J connectivity index is 1.64. The molecule has 0 fully saturated rings. The summed E-state index contributed by atoms with van der Waals surface area (Å²) in [5.41, 5.74) is 0.815. The molecule has 0 saturated carbocycles. The molecule has 22 heavy (non-hydrogen) atoms. The van der Waals surface area contributed by atoms with Crippen molar-refractivity contribution in [3.05, 3.63) is 43.0 Å².